The van der Waals surface area contributed by atoms with Crippen LogP contribution in [0.1, 0.15) is 65.4 Å². The van der Waals surface area contributed by atoms with Gasteiger partial charge in [-0.1, -0.05) is 25.5 Å². The van der Waals surface area contributed by atoms with Gasteiger partial charge < -0.3 is 10.1 Å². The van der Waals surface area contributed by atoms with Crippen LogP contribution in [0.3, 0.4) is 0 Å². The van der Waals surface area contributed by atoms with Gasteiger partial charge in [-0.2, -0.15) is 0 Å². The third kappa shape index (κ3) is 7.91. The van der Waals surface area contributed by atoms with Gasteiger partial charge in [-0.05, 0) is 70.6 Å². The van der Waals surface area contributed by atoms with Crippen molar-refractivity contribution in [1.82, 2.24) is 9.62 Å². The van der Waals surface area contributed by atoms with E-state index in [1.165, 1.54) is 5.56 Å². The number of rotatable bonds is 11. The van der Waals surface area contributed by atoms with E-state index < -0.39 is 10.0 Å². The molecule has 1 amide bonds. The molecule has 0 aliphatic carbocycles. The lowest BCUT2D eigenvalue weighted by atomic mass is 9.96. The molecule has 0 saturated carbocycles. The highest BCUT2D eigenvalue weighted by Gasteiger charge is 2.31. The van der Waals surface area contributed by atoms with Crippen molar-refractivity contribution in [2.75, 3.05) is 18.8 Å². The van der Waals surface area contributed by atoms with Gasteiger partial charge in [0.05, 0.1) is 11.9 Å². The second kappa shape index (κ2) is 11.7. The van der Waals surface area contributed by atoms with Crippen LogP contribution >= 0.6 is 0 Å². The maximum Gasteiger partial charge on any atom is 0.223 e. The Morgan fingerprint density at radius 2 is 1.80 bits per heavy atom. The molecule has 0 radical (unpaired) electrons. The van der Waals surface area contributed by atoms with Crippen molar-refractivity contribution in [2.45, 2.75) is 78.4 Å². The Morgan fingerprint density at radius 3 is 2.37 bits per heavy atom. The van der Waals surface area contributed by atoms with Crippen molar-refractivity contribution in [1.29, 1.82) is 0 Å². The Hall–Kier alpha value is -1.60. The molecule has 1 heterocycles. The number of nitrogens with zero attached hydrogens (tertiary/aromatic N) is 1. The van der Waals surface area contributed by atoms with Crippen LogP contribution in [0, 0.1) is 5.92 Å². The topological polar surface area (TPSA) is 75.7 Å². The van der Waals surface area contributed by atoms with Crippen LogP contribution in [0.2, 0.25) is 0 Å². The van der Waals surface area contributed by atoms with E-state index in [2.05, 4.69) is 17.4 Å². The summed E-state index contributed by atoms with van der Waals surface area (Å²) in [5.74, 6) is 1.03. The van der Waals surface area contributed by atoms with Gasteiger partial charge in [-0.25, -0.2) is 12.7 Å². The molecule has 1 aliphatic rings. The van der Waals surface area contributed by atoms with Crippen molar-refractivity contribution >= 4 is 15.9 Å². The van der Waals surface area contributed by atoms with Crippen LogP contribution < -0.4 is 10.1 Å². The predicted octanol–water partition coefficient (Wildman–Crippen LogP) is 3.75. The van der Waals surface area contributed by atoms with Crippen molar-refractivity contribution in [2.24, 2.45) is 5.92 Å². The molecule has 0 bridgehead atoms. The van der Waals surface area contributed by atoms with E-state index in [0.29, 0.717) is 32.4 Å². The minimum Gasteiger partial charge on any atom is -0.491 e. The molecule has 0 aromatic heterocycles. The molecule has 1 aromatic carbocycles. The molecular formula is C23H38N2O4S. The molecule has 1 unspecified atom stereocenters. The largest absolute Gasteiger partial charge is 0.491 e. The van der Waals surface area contributed by atoms with Gasteiger partial charge in [0.1, 0.15) is 5.75 Å². The average Bonchev–Trinajstić information content (AvgIpc) is 2.71. The minimum atomic E-state index is -3.17. The third-order valence-corrected chi connectivity index (χ3v) is 7.48. The zero-order valence-corrected chi connectivity index (χ0v) is 19.7. The molecule has 1 aromatic rings. The number of hydrogen-bond acceptors (Lipinski definition) is 4. The molecule has 1 aliphatic heterocycles. The van der Waals surface area contributed by atoms with Gasteiger partial charge >= 0.3 is 0 Å². The number of amides is 1. The number of carbonyl (C=O) groups excluding carboxylic acids is 1. The summed E-state index contributed by atoms with van der Waals surface area (Å²) >= 11 is 0. The summed E-state index contributed by atoms with van der Waals surface area (Å²) in [6, 6.07) is 8.19. The molecule has 170 valence electrons. The Bertz CT molecular complexity index is 754. The third-order valence-electron chi connectivity index (χ3n) is 5.52. The standard InChI is InChI=1S/C23H38N2O4S/c1-5-6-17-30(27,28)25-15-13-21(14-16-25)23(26)24-19(4)7-8-20-9-11-22(12-10-20)29-18(2)3/h9-12,18-19,21H,5-8,13-17H2,1-4H3,(H,24,26). The van der Waals surface area contributed by atoms with Crippen molar-refractivity contribution < 1.29 is 17.9 Å². The Kier molecular flexibility index (Phi) is 9.62. The quantitative estimate of drug-likeness (QED) is 0.571. The van der Waals surface area contributed by atoms with Crippen LogP contribution in [-0.4, -0.2) is 49.6 Å². The lowest BCUT2D eigenvalue weighted by Gasteiger charge is -2.31. The van der Waals surface area contributed by atoms with Crippen LogP contribution in [0.15, 0.2) is 24.3 Å². The fourth-order valence-corrected chi connectivity index (χ4v) is 5.35. The molecule has 0 spiro atoms. The maximum atomic E-state index is 12.6. The number of ether oxygens (including phenoxy) is 1. The van der Waals surface area contributed by atoms with Gasteiger partial charge in [0.15, 0.2) is 0 Å². The number of carbonyl (C=O) groups is 1. The maximum absolute atomic E-state index is 12.6. The van der Waals surface area contributed by atoms with Crippen molar-refractivity contribution in [3.8, 4) is 5.75 Å². The summed E-state index contributed by atoms with van der Waals surface area (Å²) in [6.45, 7) is 8.93. The summed E-state index contributed by atoms with van der Waals surface area (Å²) < 4.78 is 31.8. The molecule has 1 atom stereocenters. The highest BCUT2D eigenvalue weighted by molar-refractivity contribution is 7.89. The SMILES string of the molecule is CCCCS(=O)(=O)N1CCC(C(=O)NC(C)CCc2ccc(OC(C)C)cc2)CC1. The first-order chi connectivity index (χ1) is 14.2. The van der Waals surface area contributed by atoms with Gasteiger partial charge in [-0.15, -0.1) is 0 Å². The molecule has 1 saturated heterocycles. The van der Waals surface area contributed by atoms with Crippen LogP contribution in [0.4, 0.5) is 0 Å². The van der Waals surface area contributed by atoms with E-state index in [0.717, 1.165) is 25.0 Å². The van der Waals surface area contributed by atoms with Crippen molar-refractivity contribution in [3.05, 3.63) is 29.8 Å². The second-order valence-corrected chi connectivity index (χ2v) is 10.7. The minimum absolute atomic E-state index is 0.0498. The summed E-state index contributed by atoms with van der Waals surface area (Å²) in [5.41, 5.74) is 1.22. The fraction of sp³-hybridized carbons (Fsp3) is 0.696. The lowest BCUT2D eigenvalue weighted by Crippen LogP contribution is -2.45. The van der Waals surface area contributed by atoms with E-state index in [9.17, 15) is 13.2 Å². The van der Waals surface area contributed by atoms with E-state index in [4.69, 9.17) is 4.74 Å². The van der Waals surface area contributed by atoms with Gasteiger partial charge in [0.2, 0.25) is 15.9 Å². The molecule has 2 rings (SSSR count). The first-order valence-corrected chi connectivity index (χ1v) is 12.9. The normalized spacial score (nSPS) is 17.1. The van der Waals surface area contributed by atoms with Crippen molar-refractivity contribution in [3.63, 3.8) is 0 Å². The highest BCUT2D eigenvalue weighted by atomic mass is 32.2. The zero-order valence-electron chi connectivity index (χ0n) is 18.9. The molecule has 1 N–H and O–H groups in total. The molecule has 6 nitrogen and oxygen atoms in total. The number of unbranched alkanes of at least 4 members (excludes halogenated alkanes) is 1. The molecule has 30 heavy (non-hydrogen) atoms. The van der Waals surface area contributed by atoms with E-state index in [1.807, 2.05) is 39.8 Å². The average molecular weight is 439 g/mol. The van der Waals surface area contributed by atoms with E-state index in [-0.39, 0.29) is 29.7 Å². The number of hydrogen-bond donors (Lipinski definition) is 1. The summed E-state index contributed by atoms with van der Waals surface area (Å²) in [6.07, 6.45) is 4.66. The predicted molar refractivity (Wildman–Crippen MR) is 121 cm³/mol. The smallest absolute Gasteiger partial charge is 0.223 e. The number of sulfonamides is 1. The Balaban J connectivity index is 1.73. The summed E-state index contributed by atoms with van der Waals surface area (Å²) in [7, 11) is -3.17. The molecule has 1 fully saturated rings. The second-order valence-electron chi connectivity index (χ2n) is 8.60. The molecule has 7 heteroatoms. The lowest BCUT2D eigenvalue weighted by molar-refractivity contribution is -0.126. The first kappa shape index (κ1) is 24.7. The van der Waals surface area contributed by atoms with Crippen LogP contribution in [0.25, 0.3) is 0 Å². The Morgan fingerprint density at radius 1 is 1.17 bits per heavy atom. The molecular weight excluding hydrogens is 400 g/mol. The Labute approximate surface area is 182 Å². The van der Waals surface area contributed by atoms with Gasteiger partial charge in [0.25, 0.3) is 0 Å². The summed E-state index contributed by atoms with van der Waals surface area (Å²) in [5, 5.41) is 3.11. The first-order valence-electron chi connectivity index (χ1n) is 11.2. The zero-order chi connectivity index (χ0) is 22.1. The number of nitrogens with one attached hydrogen (secondary N) is 1. The van der Waals surface area contributed by atoms with Crippen LogP contribution in [-0.2, 0) is 21.2 Å². The number of benzene rings is 1. The van der Waals surface area contributed by atoms with E-state index in [1.54, 1.807) is 4.31 Å². The number of aryl methyl sites for hydroxylation is 1. The fourth-order valence-electron chi connectivity index (χ4n) is 3.67. The van der Waals surface area contributed by atoms with Gasteiger partial charge in [-0.3, -0.25) is 4.79 Å². The van der Waals surface area contributed by atoms with Crippen LogP contribution in [0.5, 0.6) is 5.75 Å². The number of piperidine rings is 1. The highest BCUT2D eigenvalue weighted by Crippen LogP contribution is 2.21. The van der Waals surface area contributed by atoms with E-state index >= 15 is 0 Å². The van der Waals surface area contributed by atoms with Gasteiger partial charge in [0, 0.05) is 25.0 Å². The monoisotopic (exact) mass is 438 g/mol. The summed E-state index contributed by atoms with van der Waals surface area (Å²) in [4.78, 5) is 12.6.